The highest BCUT2D eigenvalue weighted by atomic mass is 79.9. The van der Waals surface area contributed by atoms with E-state index in [4.69, 9.17) is 11.6 Å². The number of hydrogen-bond acceptors (Lipinski definition) is 3. The quantitative estimate of drug-likeness (QED) is 0.800. The topological polar surface area (TPSA) is 47.8 Å². The molecular weight excluding hydrogens is 312 g/mol. The van der Waals surface area contributed by atoms with Crippen molar-refractivity contribution in [3.8, 4) is 0 Å². The van der Waals surface area contributed by atoms with Crippen molar-refractivity contribution in [2.75, 3.05) is 0 Å². The van der Waals surface area contributed by atoms with Crippen molar-refractivity contribution in [3.05, 3.63) is 44.9 Å². The summed E-state index contributed by atoms with van der Waals surface area (Å²) in [7, 11) is 1.55. The van der Waals surface area contributed by atoms with Gasteiger partial charge in [-0.25, -0.2) is 9.07 Å². The highest BCUT2D eigenvalue weighted by molar-refractivity contribution is 9.10. The minimum absolute atomic E-state index is 0.108. The van der Waals surface area contributed by atoms with Crippen LogP contribution in [0.1, 0.15) is 16.1 Å². The summed E-state index contributed by atoms with van der Waals surface area (Å²) in [6.45, 7) is 0. The lowest BCUT2D eigenvalue weighted by atomic mass is 10.1. The fourth-order valence-corrected chi connectivity index (χ4v) is 2.05. The Balaban J connectivity index is 2.55. The molecule has 0 saturated carbocycles. The lowest BCUT2D eigenvalue weighted by molar-refractivity contribution is 0.102. The second-order valence-corrected chi connectivity index (χ2v) is 4.49. The summed E-state index contributed by atoms with van der Waals surface area (Å²) in [6, 6.07) is 3.80. The second kappa shape index (κ2) is 4.54. The molecule has 1 aromatic carbocycles. The number of rotatable bonds is 2. The summed E-state index contributed by atoms with van der Waals surface area (Å²) < 4.78 is 15.1. The maximum atomic E-state index is 13.5. The van der Waals surface area contributed by atoms with E-state index in [2.05, 4.69) is 26.2 Å². The summed E-state index contributed by atoms with van der Waals surface area (Å²) in [5.74, 6) is -1.16. The summed E-state index contributed by atoms with van der Waals surface area (Å²) in [4.78, 5) is 12.1. The Hall–Kier alpha value is -1.27. The Morgan fingerprint density at radius 1 is 1.53 bits per heavy atom. The van der Waals surface area contributed by atoms with Crippen LogP contribution >= 0.6 is 27.5 Å². The third-order valence-corrected chi connectivity index (χ3v) is 2.94. The second-order valence-electron chi connectivity index (χ2n) is 3.31. The van der Waals surface area contributed by atoms with Crippen molar-refractivity contribution >= 4 is 33.3 Å². The molecule has 1 aromatic heterocycles. The lowest BCUT2D eigenvalue weighted by Gasteiger charge is -2.03. The molecule has 0 saturated heterocycles. The molecule has 0 bridgehead atoms. The number of aryl methyl sites for hydroxylation is 1. The number of carbonyl (C=O) groups is 1. The van der Waals surface area contributed by atoms with Gasteiger partial charge in [-0.3, -0.25) is 4.79 Å². The van der Waals surface area contributed by atoms with Crippen LogP contribution in [0.2, 0.25) is 5.02 Å². The molecule has 0 N–H and O–H groups in total. The van der Waals surface area contributed by atoms with Gasteiger partial charge in [0.05, 0.1) is 5.56 Å². The average Bonchev–Trinajstić information content (AvgIpc) is 2.61. The van der Waals surface area contributed by atoms with Gasteiger partial charge in [0.2, 0.25) is 5.78 Å². The number of benzene rings is 1. The van der Waals surface area contributed by atoms with Crippen LogP contribution in [0.4, 0.5) is 4.39 Å². The lowest BCUT2D eigenvalue weighted by Crippen LogP contribution is -2.10. The van der Waals surface area contributed by atoms with Gasteiger partial charge in [0.1, 0.15) is 11.5 Å². The molecule has 0 unspecified atom stereocenters. The van der Waals surface area contributed by atoms with Gasteiger partial charge in [0.15, 0.2) is 4.60 Å². The van der Waals surface area contributed by atoms with Gasteiger partial charge in [-0.2, -0.15) is 0 Å². The SMILES string of the molecule is Cn1nnc(Br)c1C(=O)c1cc(Cl)ccc1F. The first-order valence-electron chi connectivity index (χ1n) is 4.55. The predicted octanol–water partition coefficient (Wildman–Crippen LogP) is 2.60. The van der Waals surface area contributed by atoms with Gasteiger partial charge in [-0.05, 0) is 34.1 Å². The molecule has 0 aliphatic rings. The van der Waals surface area contributed by atoms with Crippen LogP contribution in [0, 0.1) is 5.82 Å². The minimum atomic E-state index is -0.632. The highest BCUT2D eigenvalue weighted by Gasteiger charge is 2.21. The van der Waals surface area contributed by atoms with Crippen LogP contribution in [-0.2, 0) is 7.05 Å². The van der Waals surface area contributed by atoms with Gasteiger partial charge in [0.25, 0.3) is 0 Å². The normalized spacial score (nSPS) is 10.6. The molecule has 2 aromatic rings. The van der Waals surface area contributed by atoms with Crippen molar-refractivity contribution < 1.29 is 9.18 Å². The van der Waals surface area contributed by atoms with Gasteiger partial charge < -0.3 is 0 Å². The third kappa shape index (κ3) is 2.23. The van der Waals surface area contributed by atoms with Crippen LogP contribution in [-0.4, -0.2) is 20.8 Å². The van der Waals surface area contributed by atoms with Crippen LogP contribution in [0.25, 0.3) is 0 Å². The van der Waals surface area contributed by atoms with E-state index < -0.39 is 11.6 Å². The van der Waals surface area contributed by atoms with Crippen LogP contribution in [0.5, 0.6) is 0 Å². The van der Waals surface area contributed by atoms with Crippen LogP contribution in [0.3, 0.4) is 0 Å². The molecule has 0 amide bonds. The maximum absolute atomic E-state index is 13.5. The van der Waals surface area contributed by atoms with Crippen molar-refractivity contribution in [2.24, 2.45) is 7.05 Å². The number of halogens is 3. The molecule has 0 spiro atoms. The Bertz CT molecular complexity index is 580. The van der Waals surface area contributed by atoms with Gasteiger partial charge in [0, 0.05) is 12.1 Å². The molecule has 17 heavy (non-hydrogen) atoms. The zero-order valence-electron chi connectivity index (χ0n) is 8.62. The van der Waals surface area contributed by atoms with Gasteiger partial charge >= 0.3 is 0 Å². The van der Waals surface area contributed by atoms with E-state index in [9.17, 15) is 9.18 Å². The fourth-order valence-electron chi connectivity index (χ4n) is 1.37. The van der Waals surface area contributed by atoms with E-state index in [0.717, 1.165) is 6.07 Å². The summed E-state index contributed by atoms with van der Waals surface area (Å²) in [5, 5.41) is 7.62. The van der Waals surface area contributed by atoms with Gasteiger partial charge in [-0.1, -0.05) is 16.8 Å². The van der Waals surface area contributed by atoms with Crippen molar-refractivity contribution in [1.82, 2.24) is 15.0 Å². The Morgan fingerprint density at radius 3 is 2.82 bits per heavy atom. The Kier molecular flexibility index (Phi) is 3.26. The number of nitrogens with zero attached hydrogens (tertiary/aromatic N) is 3. The maximum Gasteiger partial charge on any atom is 0.216 e. The Labute approximate surface area is 110 Å². The number of carbonyl (C=O) groups excluding carboxylic acids is 1. The van der Waals surface area contributed by atoms with E-state index in [0.29, 0.717) is 5.02 Å². The molecule has 88 valence electrons. The van der Waals surface area contributed by atoms with E-state index in [-0.39, 0.29) is 15.9 Å². The average molecular weight is 319 g/mol. The summed E-state index contributed by atoms with van der Waals surface area (Å²) in [5.41, 5.74) is 0.0646. The van der Waals surface area contributed by atoms with Gasteiger partial charge in [-0.15, -0.1) is 5.10 Å². The zero-order valence-corrected chi connectivity index (χ0v) is 11.0. The molecular formula is C10H6BrClFN3O. The first kappa shape index (κ1) is 12.2. The first-order valence-corrected chi connectivity index (χ1v) is 5.72. The molecule has 2 rings (SSSR count). The third-order valence-electron chi connectivity index (χ3n) is 2.17. The molecule has 0 radical (unpaired) electrons. The molecule has 1 heterocycles. The molecule has 7 heteroatoms. The van der Waals surface area contributed by atoms with Crippen molar-refractivity contribution in [2.45, 2.75) is 0 Å². The molecule has 0 atom stereocenters. The molecule has 0 aliphatic heterocycles. The molecule has 0 fully saturated rings. The monoisotopic (exact) mass is 317 g/mol. The highest BCUT2D eigenvalue weighted by Crippen LogP contribution is 2.21. The predicted molar refractivity (Wildman–Crippen MR) is 63.5 cm³/mol. The van der Waals surface area contributed by atoms with E-state index in [1.54, 1.807) is 7.05 Å². The fraction of sp³-hybridized carbons (Fsp3) is 0.100. The van der Waals surface area contributed by atoms with Crippen molar-refractivity contribution in [1.29, 1.82) is 0 Å². The Morgan fingerprint density at radius 2 is 2.24 bits per heavy atom. The van der Waals surface area contributed by atoms with E-state index in [1.165, 1.54) is 16.8 Å². The summed E-state index contributed by atoms with van der Waals surface area (Å²) >= 11 is 8.82. The first-order chi connectivity index (χ1) is 8.00. The molecule has 0 aliphatic carbocycles. The van der Waals surface area contributed by atoms with E-state index >= 15 is 0 Å². The van der Waals surface area contributed by atoms with Crippen molar-refractivity contribution in [3.63, 3.8) is 0 Å². The van der Waals surface area contributed by atoms with E-state index in [1.807, 2.05) is 0 Å². The van der Waals surface area contributed by atoms with Crippen LogP contribution < -0.4 is 0 Å². The summed E-state index contributed by atoms with van der Waals surface area (Å²) in [6.07, 6.45) is 0. The number of hydrogen-bond donors (Lipinski definition) is 0. The standard InChI is InChI=1S/C10H6BrClFN3O/c1-16-8(10(11)14-15-16)9(17)6-4-5(12)2-3-7(6)13/h2-4H,1H3. The largest absolute Gasteiger partial charge is 0.287 e. The minimum Gasteiger partial charge on any atom is -0.287 e. The smallest absolute Gasteiger partial charge is 0.216 e. The number of aromatic nitrogens is 3. The zero-order chi connectivity index (χ0) is 12.6. The van der Waals surface area contributed by atoms with Crippen LogP contribution in [0.15, 0.2) is 22.8 Å². The number of ketones is 1. The molecule has 4 nitrogen and oxygen atoms in total.